The molecule has 0 aliphatic carbocycles. The Labute approximate surface area is 96.6 Å². The van der Waals surface area contributed by atoms with E-state index in [1.165, 1.54) is 0 Å². The number of aromatic nitrogens is 1. The lowest BCUT2D eigenvalue weighted by Crippen LogP contribution is -2.19. The maximum atomic E-state index is 13.0. The average Bonchev–Trinajstić information content (AvgIpc) is 2.07. The van der Waals surface area contributed by atoms with Crippen molar-refractivity contribution in [3.8, 4) is 5.75 Å². The summed E-state index contributed by atoms with van der Waals surface area (Å²) >= 11 is 0. The fraction of sp³-hybridized carbons (Fsp3) is 0.167. The molecule has 0 radical (unpaired) electrons. The summed E-state index contributed by atoms with van der Waals surface area (Å²) in [4.78, 5) is 2.70. The summed E-state index contributed by atoms with van der Waals surface area (Å²) in [7, 11) is 0.408. The van der Waals surface area contributed by atoms with Gasteiger partial charge >= 0.3 is 6.36 Å². The minimum atomic E-state index is -5.18. The number of hydrogen-bond donors (Lipinski definition) is 1. The first-order chi connectivity index (χ1) is 7.50. The van der Waals surface area contributed by atoms with E-state index in [4.69, 9.17) is 16.4 Å². The van der Waals surface area contributed by atoms with Crippen LogP contribution < -0.4 is 10.5 Å². The second-order valence-electron chi connectivity index (χ2n) is 2.66. The maximum absolute atomic E-state index is 13.0. The van der Waals surface area contributed by atoms with E-state index in [0.717, 1.165) is 0 Å². The Kier molecular flexibility index (Phi) is 3.39. The molecule has 5 nitrogen and oxygen atoms in total. The van der Waals surface area contributed by atoms with Gasteiger partial charge < -0.3 is 10.5 Å². The molecule has 1 aromatic rings. The summed E-state index contributed by atoms with van der Waals surface area (Å²) in [5, 5.41) is -1.01. The van der Waals surface area contributed by atoms with E-state index in [2.05, 4.69) is 9.72 Å². The second kappa shape index (κ2) is 4.18. The zero-order chi connectivity index (χ0) is 13.4. The van der Waals surface area contributed by atoms with Crippen LogP contribution in [0, 0.1) is 5.95 Å². The van der Waals surface area contributed by atoms with Gasteiger partial charge in [0.25, 0.3) is 15.0 Å². The monoisotopic (exact) mass is 294 g/mol. The minimum absolute atomic E-state index is 0.451. The molecule has 0 aromatic carbocycles. The van der Waals surface area contributed by atoms with Crippen molar-refractivity contribution >= 4 is 25.4 Å². The molecule has 1 rings (SSSR count). The van der Waals surface area contributed by atoms with E-state index in [-0.39, 0.29) is 0 Å². The largest absolute Gasteiger partial charge is 0.573 e. The zero-order valence-electron chi connectivity index (χ0n) is 7.62. The Morgan fingerprint density at radius 1 is 1.41 bits per heavy atom. The summed E-state index contributed by atoms with van der Waals surface area (Å²) in [6.07, 6.45) is -5.18. The van der Waals surface area contributed by atoms with Gasteiger partial charge in [0.05, 0.1) is 5.69 Å². The van der Waals surface area contributed by atoms with E-state index in [1.807, 2.05) is 0 Å². The fourth-order valence-corrected chi connectivity index (χ4v) is 1.53. The number of nitrogen functional groups attached to an aromatic ring is 1. The van der Waals surface area contributed by atoms with Crippen LogP contribution in [0.2, 0.25) is 0 Å². The molecule has 0 saturated heterocycles. The molecule has 0 aliphatic rings. The highest BCUT2D eigenvalue weighted by Gasteiger charge is 2.34. The SMILES string of the molecule is Nc1cc(S(=O)(=O)Cl)nc(F)c1OC(F)(F)F. The van der Waals surface area contributed by atoms with Crippen LogP contribution in [0.3, 0.4) is 0 Å². The molecule has 0 unspecified atom stereocenters. The van der Waals surface area contributed by atoms with Crippen LogP contribution in [0.4, 0.5) is 23.2 Å². The standard InChI is InChI=1S/C6H3ClF4N2O3S/c7-17(14,15)3-1-2(12)4(5(8)13-3)16-6(9,10)11/h1H,(H2,12,13). The number of hydrogen-bond acceptors (Lipinski definition) is 5. The summed E-state index contributed by atoms with van der Waals surface area (Å²) < 4.78 is 73.2. The molecule has 0 bridgehead atoms. The van der Waals surface area contributed by atoms with Crippen LogP contribution >= 0.6 is 10.7 Å². The van der Waals surface area contributed by atoms with E-state index < -0.39 is 37.8 Å². The van der Waals surface area contributed by atoms with Crippen molar-refractivity contribution in [3.63, 3.8) is 0 Å². The molecule has 96 valence electrons. The van der Waals surface area contributed by atoms with Gasteiger partial charge in [-0.05, 0) is 0 Å². The Balaban J connectivity index is 3.30. The van der Waals surface area contributed by atoms with E-state index >= 15 is 0 Å². The molecule has 0 fully saturated rings. The molecular weight excluding hydrogens is 292 g/mol. The van der Waals surface area contributed by atoms with Crippen molar-refractivity contribution in [1.82, 2.24) is 4.98 Å². The lowest BCUT2D eigenvalue weighted by molar-refractivity contribution is -0.275. The fourth-order valence-electron chi connectivity index (χ4n) is 0.839. The summed E-state index contributed by atoms with van der Waals surface area (Å²) in [5.74, 6) is -3.25. The van der Waals surface area contributed by atoms with Crippen LogP contribution in [0.5, 0.6) is 5.75 Å². The predicted molar refractivity (Wildman–Crippen MR) is 48.3 cm³/mol. The highest BCUT2D eigenvalue weighted by atomic mass is 35.7. The van der Waals surface area contributed by atoms with Crippen molar-refractivity contribution in [2.24, 2.45) is 0 Å². The smallest absolute Gasteiger partial charge is 0.399 e. The lowest BCUT2D eigenvalue weighted by Gasteiger charge is -2.11. The number of nitrogens with two attached hydrogens (primary N) is 1. The number of halogens is 5. The molecule has 0 amide bonds. The van der Waals surface area contributed by atoms with Crippen molar-refractivity contribution in [3.05, 3.63) is 12.0 Å². The first-order valence-corrected chi connectivity index (χ1v) is 5.98. The van der Waals surface area contributed by atoms with Crippen molar-refractivity contribution in [2.75, 3.05) is 5.73 Å². The number of anilines is 1. The molecule has 2 N–H and O–H groups in total. The normalized spacial score (nSPS) is 12.5. The van der Waals surface area contributed by atoms with E-state index in [1.54, 1.807) is 0 Å². The Bertz CT molecular complexity index is 522. The van der Waals surface area contributed by atoms with Gasteiger partial charge in [0, 0.05) is 16.7 Å². The number of pyridine rings is 1. The number of rotatable bonds is 2. The van der Waals surface area contributed by atoms with Crippen molar-refractivity contribution < 1.29 is 30.7 Å². The van der Waals surface area contributed by atoms with Crippen LogP contribution in [-0.4, -0.2) is 19.8 Å². The lowest BCUT2D eigenvalue weighted by atomic mass is 10.4. The van der Waals surface area contributed by atoms with Gasteiger partial charge in [-0.3, -0.25) is 0 Å². The minimum Gasteiger partial charge on any atom is -0.399 e. The first-order valence-electron chi connectivity index (χ1n) is 3.67. The predicted octanol–water partition coefficient (Wildman–Crippen LogP) is 1.63. The molecule has 11 heteroatoms. The highest BCUT2D eigenvalue weighted by molar-refractivity contribution is 8.13. The van der Waals surface area contributed by atoms with Crippen LogP contribution in [-0.2, 0) is 9.05 Å². The molecule has 0 spiro atoms. The third-order valence-electron chi connectivity index (χ3n) is 1.40. The molecular formula is C6H3ClF4N2O3S. The van der Waals surface area contributed by atoms with Gasteiger partial charge in [0.2, 0.25) is 5.75 Å². The second-order valence-corrected chi connectivity index (χ2v) is 5.17. The quantitative estimate of drug-likeness (QED) is 0.509. The Morgan fingerprint density at radius 2 is 1.94 bits per heavy atom. The zero-order valence-corrected chi connectivity index (χ0v) is 9.20. The Morgan fingerprint density at radius 3 is 2.29 bits per heavy atom. The number of alkyl halides is 3. The van der Waals surface area contributed by atoms with Crippen LogP contribution in [0.1, 0.15) is 0 Å². The molecule has 1 heterocycles. The van der Waals surface area contributed by atoms with Crippen molar-refractivity contribution in [1.29, 1.82) is 0 Å². The van der Waals surface area contributed by atoms with E-state index in [0.29, 0.717) is 6.07 Å². The van der Waals surface area contributed by atoms with Gasteiger partial charge in [-0.1, -0.05) is 0 Å². The topological polar surface area (TPSA) is 82.3 Å². The first kappa shape index (κ1) is 13.8. The van der Waals surface area contributed by atoms with Gasteiger partial charge in [-0.2, -0.15) is 4.39 Å². The Hall–Kier alpha value is -1.29. The van der Waals surface area contributed by atoms with Gasteiger partial charge in [-0.15, -0.1) is 13.2 Å². The van der Waals surface area contributed by atoms with Crippen LogP contribution in [0.25, 0.3) is 0 Å². The molecule has 0 saturated carbocycles. The van der Waals surface area contributed by atoms with Crippen molar-refractivity contribution in [2.45, 2.75) is 11.4 Å². The van der Waals surface area contributed by atoms with Gasteiger partial charge in [0.15, 0.2) is 5.03 Å². The highest BCUT2D eigenvalue weighted by Crippen LogP contribution is 2.32. The van der Waals surface area contributed by atoms with Crippen LogP contribution in [0.15, 0.2) is 11.1 Å². The summed E-state index contributed by atoms with van der Waals surface area (Å²) in [6, 6.07) is 0.451. The molecule has 0 atom stereocenters. The number of ether oxygens (including phenoxy) is 1. The maximum Gasteiger partial charge on any atom is 0.573 e. The molecule has 0 aliphatic heterocycles. The third kappa shape index (κ3) is 3.60. The summed E-state index contributed by atoms with van der Waals surface area (Å²) in [5.41, 5.74) is 4.10. The third-order valence-corrected chi connectivity index (χ3v) is 2.59. The average molecular weight is 295 g/mol. The molecule has 17 heavy (non-hydrogen) atoms. The molecule has 1 aromatic heterocycles. The summed E-state index contributed by atoms with van der Waals surface area (Å²) in [6.45, 7) is 0. The van der Waals surface area contributed by atoms with E-state index in [9.17, 15) is 26.0 Å². The number of nitrogens with zero attached hydrogens (tertiary/aromatic N) is 1. The van der Waals surface area contributed by atoms with Gasteiger partial charge in [-0.25, -0.2) is 13.4 Å². The van der Waals surface area contributed by atoms with Gasteiger partial charge in [0.1, 0.15) is 0 Å².